The molecular formula is C32H41N3O4S. The molecule has 6 atom stereocenters. The van der Waals surface area contributed by atoms with Gasteiger partial charge in [0.2, 0.25) is 17.7 Å². The zero-order chi connectivity index (χ0) is 27.9. The van der Waals surface area contributed by atoms with Crippen LogP contribution in [0.5, 0.6) is 0 Å². The smallest absolute Gasteiger partial charge is 0.247 e. The first kappa shape index (κ1) is 27.6. The number of benzene rings is 1. The zero-order valence-electron chi connectivity index (χ0n) is 23.4. The quantitative estimate of drug-likeness (QED) is 0.515. The van der Waals surface area contributed by atoms with Crippen LogP contribution < -0.4 is 0 Å². The molecule has 4 heterocycles. The van der Waals surface area contributed by atoms with Crippen molar-refractivity contribution >= 4 is 29.5 Å². The van der Waals surface area contributed by atoms with Crippen molar-refractivity contribution < 1.29 is 19.5 Å². The van der Waals surface area contributed by atoms with Crippen molar-refractivity contribution in [3.8, 4) is 0 Å². The molecule has 0 radical (unpaired) electrons. The Morgan fingerprint density at radius 2 is 1.77 bits per heavy atom. The molecule has 1 unspecified atom stereocenters. The fourth-order valence-corrected chi connectivity index (χ4v) is 9.86. The maximum atomic E-state index is 14.7. The number of thioether (sulfide) groups is 1. The molecule has 1 spiro atoms. The van der Waals surface area contributed by atoms with E-state index >= 15 is 0 Å². The van der Waals surface area contributed by atoms with E-state index in [-0.39, 0.29) is 35.6 Å². The molecule has 0 aromatic heterocycles. The molecule has 5 aliphatic rings. The summed E-state index contributed by atoms with van der Waals surface area (Å²) in [6, 6.07) is 8.72. The highest BCUT2D eigenvalue weighted by Gasteiger charge is 2.71. The van der Waals surface area contributed by atoms with E-state index in [1.807, 2.05) is 40.1 Å². The highest BCUT2D eigenvalue weighted by molar-refractivity contribution is 8.02. The Balaban J connectivity index is 1.44. The maximum absolute atomic E-state index is 14.7. The van der Waals surface area contributed by atoms with Crippen molar-refractivity contribution in [2.24, 2.45) is 11.8 Å². The number of fused-ring (bicyclic) bond motifs is 2. The van der Waals surface area contributed by atoms with Crippen LogP contribution >= 0.6 is 11.8 Å². The minimum absolute atomic E-state index is 0.0121. The lowest BCUT2D eigenvalue weighted by atomic mass is 9.78. The molecular weight excluding hydrogens is 522 g/mol. The number of hydrogen-bond donors (Lipinski definition) is 1. The number of likely N-dealkylation sites (tertiary alicyclic amines) is 1. The summed E-state index contributed by atoms with van der Waals surface area (Å²) in [6.07, 6.45) is 15.0. The van der Waals surface area contributed by atoms with Crippen molar-refractivity contribution in [2.45, 2.75) is 80.0 Å². The van der Waals surface area contributed by atoms with Crippen LogP contribution in [0.15, 0.2) is 54.6 Å². The van der Waals surface area contributed by atoms with Crippen LogP contribution in [0, 0.1) is 11.8 Å². The summed E-state index contributed by atoms with van der Waals surface area (Å²) in [5, 5.41) is 10.5. The number of nitrogens with zero attached hydrogens (tertiary/aromatic N) is 3. The van der Waals surface area contributed by atoms with Gasteiger partial charge in [-0.25, -0.2) is 0 Å². The molecule has 7 nitrogen and oxygen atoms in total. The second-order valence-corrected chi connectivity index (χ2v) is 13.5. The Bertz CT molecular complexity index is 1180. The third kappa shape index (κ3) is 4.51. The van der Waals surface area contributed by atoms with Crippen molar-refractivity contribution in [2.75, 3.05) is 26.2 Å². The number of aliphatic hydroxyl groups excluding tert-OH is 1. The topological polar surface area (TPSA) is 81.2 Å². The Morgan fingerprint density at radius 3 is 2.50 bits per heavy atom. The first-order valence-electron chi connectivity index (χ1n) is 15.1. The van der Waals surface area contributed by atoms with Gasteiger partial charge in [-0.3, -0.25) is 14.4 Å². The number of rotatable bonds is 7. The van der Waals surface area contributed by atoms with Crippen LogP contribution in [0.3, 0.4) is 0 Å². The van der Waals surface area contributed by atoms with E-state index in [0.29, 0.717) is 26.1 Å². The third-order valence-electron chi connectivity index (χ3n) is 9.64. The number of amides is 3. The number of aliphatic hydroxyl groups is 1. The molecule has 3 amide bonds. The minimum atomic E-state index is -0.841. The number of carbonyl (C=O) groups excluding carboxylic acids is 3. The number of carbonyl (C=O) groups is 3. The molecule has 214 valence electrons. The van der Waals surface area contributed by atoms with E-state index in [1.54, 1.807) is 16.7 Å². The second kappa shape index (κ2) is 11.4. The standard InChI is InChI=1S/C32H41N3O4S/c1-2-17-33-18-9-15-25-26(29(33)37)27-30(38)35(24(21-36)20-22-11-5-3-6-12-22)28-31(39)34(23-13-7-4-8-14-23)19-10-16-32(27,28)40-25/h3,5-6,9-12,15-16,23-28,36H,2,4,7-8,13-14,17-21H2,1H3/t24-,25-,26+,27+,28?,32+/m1/s1. The van der Waals surface area contributed by atoms with Gasteiger partial charge in [-0.1, -0.05) is 80.8 Å². The second-order valence-electron chi connectivity index (χ2n) is 12.0. The van der Waals surface area contributed by atoms with Gasteiger partial charge >= 0.3 is 0 Å². The van der Waals surface area contributed by atoms with Crippen LogP contribution in [0.4, 0.5) is 0 Å². The van der Waals surface area contributed by atoms with Gasteiger partial charge in [0.15, 0.2) is 0 Å². The van der Waals surface area contributed by atoms with Crippen LogP contribution in [0.25, 0.3) is 0 Å². The molecule has 6 rings (SSSR count). The van der Waals surface area contributed by atoms with Gasteiger partial charge in [-0.05, 0) is 31.2 Å². The SMILES string of the molecule is CCCN1CC=C[C@H]2S[C@]34C=CCN(C5CCCCC5)C(=O)C3N([C@@H](CO)Cc3ccccc3)C(=O)[C@@H]4[C@H]2C1=O. The lowest BCUT2D eigenvalue weighted by molar-refractivity contribution is -0.147. The van der Waals surface area contributed by atoms with E-state index in [4.69, 9.17) is 0 Å². The Hall–Kier alpha value is -2.58. The van der Waals surface area contributed by atoms with Gasteiger partial charge in [0.1, 0.15) is 6.04 Å². The normalized spacial score (nSPS) is 33.0. The van der Waals surface area contributed by atoms with E-state index in [9.17, 15) is 19.5 Å². The Kier molecular flexibility index (Phi) is 7.83. The van der Waals surface area contributed by atoms with Crippen LogP contribution in [0.1, 0.15) is 51.0 Å². The summed E-state index contributed by atoms with van der Waals surface area (Å²) in [5.74, 6) is -1.34. The van der Waals surface area contributed by atoms with Gasteiger partial charge in [-0.15, -0.1) is 11.8 Å². The maximum Gasteiger partial charge on any atom is 0.247 e. The first-order valence-corrected chi connectivity index (χ1v) is 16.0. The van der Waals surface area contributed by atoms with E-state index < -0.39 is 28.7 Å². The van der Waals surface area contributed by atoms with Gasteiger partial charge in [0.05, 0.1) is 29.2 Å². The van der Waals surface area contributed by atoms with Crippen molar-refractivity contribution in [3.05, 3.63) is 60.2 Å². The Morgan fingerprint density at radius 1 is 1.00 bits per heavy atom. The summed E-state index contributed by atoms with van der Waals surface area (Å²) in [4.78, 5) is 49.0. The van der Waals surface area contributed by atoms with Crippen molar-refractivity contribution in [3.63, 3.8) is 0 Å². The van der Waals surface area contributed by atoms with Crippen molar-refractivity contribution in [1.29, 1.82) is 0 Å². The minimum Gasteiger partial charge on any atom is -0.394 e. The Labute approximate surface area is 241 Å². The summed E-state index contributed by atoms with van der Waals surface area (Å²) < 4.78 is -0.841. The molecule has 1 N–H and O–H groups in total. The molecule has 40 heavy (non-hydrogen) atoms. The average molecular weight is 564 g/mol. The zero-order valence-corrected chi connectivity index (χ0v) is 24.2. The molecule has 1 aromatic carbocycles. The van der Waals surface area contributed by atoms with Gasteiger partial charge in [-0.2, -0.15) is 0 Å². The predicted molar refractivity (Wildman–Crippen MR) is 156 cm³/mol. The molecule has 2 saturated heterocycles. The van der Waals surface area contributed by atoms with E-state index in [0.717, 1.165) is 37.7 Å². The molecule has 1 saturated carbocycles. The summed E-state index contributed by atoms with van der Waals surface area (Å²) in [7, 11) is 0. The molecule has 8 heteroatoms. The largest absolute Gasteiger partial charge is 0.394 e. The molecule has 1 aliphatic carbocycles. The summed E-state index contributed by atoms with van der Waals surface area (Å²) in [5.41, 5.74) is 1.01. The summed E-state index contributed by atoms with van der Waals surface area (Å²) >= 11 is 1.63. The third-order valence-corrected chi connectivity index (χ3v) is 11.4. The monoisotopic (exact) mass is 563 g/mol. The highest BCUT2D eigenvalue weighted by atomic mass is 32.2. The molecule has 0 bridgehead atoms. The van der Waals surface area contributed by atoms with E-state index in [2.05, 4.69) is 31.2 Å². The summed E-state index contributed by atoms with van der Waals surface area (Å²) in [6.45, 7) is 3.55. The van der Waals surface area contributed by atoms with Crippen LogP contribution in [-0.4, -0.2) is 91.9 Å². The number of hydrogen-bond acceptors (Lipinski definition) is 5. The van der Waals surface area contributed by atoms with Crippen LogP contribution in [0.2, 0.25) is 0 Å². The van der Waals surface area contributed by atoms with E-state index in [1.165, 1.54) is 6.42 Å². The van der Waals surface area contributed by atoms with Crippen molar-refractivity contribution in [1.82, 2.24) is 14.7 Å². The molecule has 4 aliphatic heterocycles. The fraction of sp³-hybridized carbons (Fsp3) is 0.594. The fourth-order valence-electron chi connectivity index (χ4n) is 7.87. The van der Waals surface area contributed by atoms with Gasteiger partial charge < -0.3 is 19.8 Å². The molecule has 1 aromatic rings. The van der Waals surface area contributed by atoms with Gasteiger partial charge in [0, 0.05) is 30.9 Å². The molecule has 3 fully saturated rings. The lowest BCUT2D eigenvalue weighted by Gasteiger charge is -2.41. The highest BCUT2D eigenvalue weighted by Crippen LogP contribution is 2.61. The van der Waals surface area contributed by atoms with Gasteiger partial charge in [0.25, 0.3) is 0 Å². The average Bonchev–Trinajstić information content (AvgIpc) is 3.30. The van der Waals surface area contributed by atoms with Crippen LogP contribution in [-0.2, 0) is 20.8 Å². The predicted octanol–water partition coefficient (Wildman–Crippen LogP) is 3.43. The first-order chi connectivity index (χ1) is 19.5. The lowest BCUT2D eigenvalue weighted by Crippen LogP contribution is -2.58.